The Bertz CT molecular complexity index is 811. The summed E-state index contributed by atoms with van der Waals surface area (Å²) in [5, 5.41) is 19.5. The maximum absolute atomic E-state index is 12.3. The molecule has 2 aromatic rings. The van der Waals surface area contributed by atoms with Gasteiger partial charge in [-0.05, 0) is 28.1 Å². The Labute approximate surface area is 164 Å². The van der Waals surface area contributed by atoms with Gasteiger partial charge in [0.1, 0.15) is 32.8 Å². The molecule has 0 radical (unpaired) electrons. The lowest BCUT2D eigenvalue weighted by atomic mass is 9.78. The lowest BCUT2D eigenvalue weighted by Gasteiger charge is -2.37. The minimum atomic E-state index is -1.09. The molecule has 2 aliphatic rings. The van der Waals surface area contributed by atoms with Crippen molar-refractivity contribution in [1.82, 2.24) is 0 Å². The van der Waals surface area contributed by atoms with Crippen molar-refractivity contribution >= 4 is 14.0 Å². The first-order valence-corrected chi connectivity index (χ1v) is 9.52. The Morgan fingerprint density at radius 1 is 1.11 bits per heavy atom. The fourth-order valence-corrected chi connectivity index (χ4v) is 4.10. The van der Waals surface area contributed by atoms with Crippen LogP contribution in [0, 0.1) is 0 Å². The summed E-state index contributed by atoms with van der Waals surface area (Å²) in [5.41, 5.74) is 4.55. The maximum Gasteiger partial charge on any atom is 0.508 e. The average molecular weight is 382 g/mol. The largest absolute Gasteiger partial charge is 0.508 e. The van der Waals surface area contributed by atoms with E-state index in [-0.39, 0.29) is 24.9 Å². The molecule has 1 aliphatic carbocycles. The molecular weight excluding hydrogens is 359 g/mol. The third-order valence-electron chi connectivity index (χ3n) is 5.59. The van der Waals surface area contributed by atoms with Crippen LogP contribution in [0.1, 0.15) is 17.0 Å². The van der Waals surface area contributed by atoms with Crippen molar-refractivity contribution in [3.8, 4) is 11.1 Å². The van der Waals surface area contributed by atoms with Crippen molar-refractivity contribution in [1.29, 1.82) is 0 Å². The zero-order chi connectivity index (χ0) is 19.7. The molecule has 0 bridgehead atoms. The van der Waals surface area contributed by atoms with E-state index in [0.29, 0.717) is 6.61 Å². The Balaban J connectivity index is 1.44. The number of carbonyl (C=O) groups excluding carboxylic acids is 1. The standard InChI is InChI=1S/C21H23BO6/c22-17-11-26-18(9-23)19(24)20(17)28-21(25)27-10-16-14-7-3-1-5-12(14)13-6-2-4-8-15(13)16/h1-8,16-20,23-24H,9-11,22H2/t17-,18?,19?,20?/m1/s1. The van der Waals surface area contributed by atoms with Crippen LogP contribution in [0.5, 0.6) is 0 Å². The van der Waals surface area contributed by atoms with Gasteiger partial charge in [-0.15, -0.1) is 0 Å². The van der Waals surface area contributed by atoms with Crippen molar-refractivity contribution in [3.05, 3.63) is 59.7 Å². The number of hydrogen-bond donors (Lipinski definition) is 2. The summed E-state index contributed by atoms with van der Waals surface area (Å²) in [4.78, 5) is 12.3. The normalized spacial score (nSPS) is 26.4. The van der Waals surface area contributed by atoms with Crippen LogP contribution in [0.25, 0.3) is 11.1 Å². The fraction of sp³-hybridized carbons (Fsp3) is 0.381. The molecule has 1 fully saturated rings. The smallest absolute Gasteiger partial charge is 0.433 e. The molecule has 1 saturated heterocycles. The summed E-state index contributed by atoms with van der Waals surface area (Å²) in [5.74, 6) is -0.250. The van der Waals surface area contributed by atoms with Crippen LogP contribution in [0.15, 0.2) is 48.5 Å². The summed E-state index contributed by atoms with van der Waals surface area (Å²) in [6.45, 7) is 0.117. The molecule has 28 heavy (non-hydrogen) atoms. The Kier molecular flexibility index (Phi) is 5.39. The molecule has 0 aromatic heterocycles. The van der Waals surface area contributed by atoms with Gasteiger partial charge in [0.15, 0.2) is 0 Å². The van der Waals surface area contributed by atoms with Gasteiger partial charge in [0, 0.05) is 12.5 Å². The summed E-state index contributed by atoms with van der Waals surface area (Å²) in [7, 11) is 1.82. The molecule has 0 saturated carbocycles. The van der Waals surface area contributed by atoms with Crippen LogP contribution in [-0.2, 0) is 14.2 Å². The summed E-state index contributed by atoms with van der Waals surface area (Å²) < 4.78 is 16.2. The first-order chi connectivity index (χ1) is 13.6. The predicted molar refractivity (Wildman–Crippen MR) is 105 cm³/mol. The second-order valence-corrected chi connectivity index (χ2v) is 7.39. The topological polar surface area (TPSA) is 85.2 Å². The molecule has 3 unspecified atom stereocenters. The lowest BCUT2D eigenvalue weighted by molar-refractivity contribution is -0.154. The van der Waals surface area contributed by atoms with Gasteiger partial charge in [0.05, 0.1) is 6.61 Å². The third kappa shape index (κ3) is 3.41. The first-order valence-electron chi connectivity index (χ1n) is 9.52. The second kappa shape index (κ2) is 7.95. The first kappa shape index (κ1) is 19.0. The quantitative estimate of drug-likeness (QED) is 0.616. The van der Waals surface area contributed by atoms with E-state index in [1.165, 1.54) is 0 Å². The van der Waals surface area contributed by atoms with Crippen molar-refractivity contribution in [2.75, 3.05) is 19.8 Å². The molecule has 4 rings (SSSR count). The van der Waals surface area contributed by atoms with Crippen LogP contribution < -0.4 is 0 Å². The fourth-order valence-electron chi connectivity index (χ4n) is 4.10. The Morgan fingerprint density at radius 3 is 2.32 bits per heavy atom. The molecule has 4 atom stereocenters. The van der Waals surface area contributed by atoms with E-state index in [0.717, 1.165) is 22.3 Å². The number of aliphatic hydroxyl groups is 2. The average Bonchev–Trinajstić information content (AvgIpc) is 3.03. The highest BCUT2D eigenvalue weighted by Gasteiger charge is 2.40. The third-order valence-corrected chi connectivity index (χ3v) is 5.59. The van der Waals surface area contributed by atoms with Crippen LogP contribution in [0.4, 0.5) is 4.79 Å². The van der Waals surface area contributed by atoms with E-state index in [1.807, 2.05) is 44.2 Å². The Morgan fingerprint density at radius 2 is 1.71 bits per heavy atom. The summed E-state index contributed by atoms with van der Waals surface area (Å²) in [6, 6.07) is 16.2. The SMILES string of the molecule is B[C@@H]1COC(CO)C(O)C1OC(=O)OCC1c2ccccc2-c2ccccc21. The van der Waals surface area contributed by atoms with E-state index < -0.39 is 24.5 Å². The van der Waals surface area contributed by atoms with Crippen molar-refractivity contribution in [2.24, 2.45) is 0 Å². The molecule has 1 heterocycles. The Hall–Kier alpha value is -2.35. The van der Waals surface area contributed by atoms with E-state index in [2.05, 4.69) is 12.1 Å². The van der Waals surface area contributed by atoms with Crippen LogP contribution in [0.3, 0.4) is 0 Å². The predicted octanol–water partition coefficient (Wildman–Crippen LogP) is 1.49. The zero-order valence-corrected chi connectivity index (χ0v) is 15.7. The summed E-state index contributed by atoms with van der Waals surface area (Å²) in [6.07, 6.45) is -3.45. The van der Waals surface area contributed by atoms with Crippen molar-refractivity contribution in [2.45, 2.75) is 30.0 Å². The lowest BCUT2D eigenvalue weighted by Crippen LogP contribution is -2.51. The molecule has 1 aliphatic heterocycles. The van der Waals surface area contributed by atoms with Gasteiger partial charge >= 0.3 is 6.16 Å². The molecule has 6 nitrogen and oxygen atoms in total. The maximum atomic E-state index is 12.3. The van der Waals surface area contributed by atoms with Gasteiger partial charge in [0.2, 0.25) is 0 Å². The number of rotatable bonds is 4. The molecule has 2 aromatic carbocycles. The molecular formula is C21H23BO6. The van der Waals surface area contributed by atoms with Crippen molar-refractivity contribution < 1.29 is 29.2 Å². The highest BCUT2D eigenvalue weighted by molar-refractivity contribution is 6.12. The van der Waals surface area contributed by atoms with Gasteiger partial charge in [-0.1, -0.05) is 48.5 Å². The minimum Gasteiger partial charge on any atom is -0.433 e. The van der Waals surface area contributed by atoms with E-state index >= 15 is 0 Å². The van der Waals surface area contributed by atoms with Crippen molar-refractivity contribution in [3.63, 3.8) is 0 Å². The van der Waals surface area contributed by atoms with Gasteiger partial charge in [-0.3, -0.25) is 0 Å². The molecule has 7 heteroatoms. The molecule has 146 valence electrons. The number of fused-ring (bicyclic) bond motifs is 3. The number of ether oxygens (including phenoxy) is 3. The zero-order valence-electron chi connectivity index (χ0n) is 15.7. The highest BCUT2D eigenvalue weighted by Crippen LogP contribution is 2.44. The van der Waals surface area contributed by atoms with Crippen LogP contribution >= 0.6 is 0 Å². The van der Waals surface area contributed by atoms with Gasteiger partial charge in [-0.25, -0.2) is 4.79 Å². The number of aliphatic hydroxyl groups excluding tert-OH is 2. The second-order valence-electron chi connectivity index (χ2n) is 7.39. The van der Waals surface area contributed by atoms with E-state index in [4.69, 9.17) is 14.2 Å². The van der Waals surface area contributed by atoms with Crippen LogP contribution in [0.2, 0.25) is 5.82 Å². The van der Waals surface area contributed by atoms with E-state index in [9.17, 15) is 15.0 Å². The monoisotopic (exact) mass is 382 g/mol. The number of carbonyl (C=O) groups is 1. The molecule has 0 amide bonds. The van der Waals surface area contributed by atoms with Gasteiger partial charge < -0.3 is 24.4 Å². The highest BCUT2D eigenvalue weighted by atomic mass is 16.7. The van der Waals surface area contributed by atoms with Gasteiger partial charge in [0.25, 0.3) is 0 Å². The molecule has 2 N–H and O–H groups in total. The van der Waals surface area contributed by atoms with E-state index in [1.54, 1.807) is 0 Å². The summed E-state index contributed by atoms with van der Waals surface area (Å²) >= 11 is 0. The number of benzene rings is 2. The number of hydrogen-bond acceptors (Lipinski definition) is 6. The minimum absolute atomic E-state index is 0.0535. The van der Waals surface area contributed by atoms with Crippen LogP contribution in [-0.4, -0.2) is 62.3 Å². The van der Waals surface area contributed by atoms with Gasteiger partial charge in [-0.2, -0.15) is 0 Å². The molecule has 0 spiro atoms.